The lowest BCUT2D eigenvalue weighted by atomic mass is 10.1. The number of aromatic amines is 1. The quantitative estimate of drug-likeness (QED) is 0.555. The third kappa shape index (κ3) is 1.24. The maximum absolute atomic E-state index is 11.2. The molecule has 0 unspecified atom stereocenters. The number of ketones is 1. The smallest absolute Gasteiger partial charge is 0.185 e. The molecule has 2 aromatic rings. The molecule has 2 rings (SSSR count). The van der Waals surface area contributed by atoms with E-state index in [4.69, 9.17) is 0 Å². The van der Waals surface area contributed by atoms with Gasteiger partial charge in [0.15, 0.2) is 5.78 Å². The predicted octanol–water partition coefficient (Wildman–Crippen LogP) is 1.93. The second-order valence-electron chi connectivity index (χ2n) is 2.74. The molecule has 1 N–H and O–H groups in total. The molecule has 0 saturated carbocycles. The SMILES string of the molecule is C=CC(=O)c1ccc2[nH]ncc2c1. The average molecular weight is 172 g/mol. The first kappa shape index (κ1) is 7.73. The zero-order chi connectivity index (χ0) is 9.26. The van der Waals surface area contributed by atoms with Gasteiger partial charge in [0, 0.05) is 10.9 Å². The number of hydrogen-bond acceptors (Lipinski definition) is 2. The monoisotopic (exact) mass is 172 g/mol. The number of benzene rings is 1. The number of rotatable bonds is 2. The van der Waals surface area contributed by atoms with Crippen LogP contribution >= 0.6 is 0 Å². The van der Waals surface area contributed by atoms with Crippen molar-refractivity contribution in [1.82, 2.24) is 10.2 Å². The van der Waals surface area contributed by atoms with E-state index in [1.165, 1.54) is 6.08 Å². The van der Waals surface area contributed by atoms with E-state index < -0.39 is 0 Å². The lowest BCUT2D eigenvalue weighted by molar-refractivity contribution is 0.104. The number of hydrogen-bond donors (Lipinski definition) is 1. The first-order valence-electron chi connectivity index (χ1n) is 3.91. The molecular formula is C10H8N2O. The second kappa shape index (κ2) is 2.86. The van der Waals surface area contributed by atoms with Crippen LogP contribution in [-0.2, 0) is 0 Å². The van der Waals surface area contributed by atoms with Crippen LogP contribution in [0.25, 0.3) is 10.9 Å². The number of nitrogens with zero attached hydrogens (tertiary/aromatic N) is 1. The van der Waals surface area contributed by atoms with Gasteiger partial charge in [0.2, 0.25) is 0 Å². The number of carbonyl (C=O) groups is 1. The highest BCUT2D eigenvalue weighted by Crippen LogP contribution is 2.13. The molecule has 1 aromatic carbocycles. The molecule has 1 heterocycles. The zero-order valence-electron chi connectivity index (χ0n) is 6.95. The van der Waals surface area contributed by atoms with Crippen molar-refractivity contribution in [3.05, 3.63) is 42.6 Å². The largest absolute Gasteiger partial charge is 0.289 e. The maximum Gasteiger partial charge on any atom is 0.185 e. The van der Waals surface area contributed by atoms with Crippen LogP contribution in [0.3, 0.4) is 0 Å². The lowest BCUT2D eigenvalue weighted by Crippen LogP contribution is -1.92. The fraction of sp³-hybridized carbons (Fsp3) is 0. The molecular weight excluding hydrogens is 164 g/mol. The Morgan fingerprint density at radius 2 is 2.38 bits per heavy atom. The number of nitrogens with one attached hydrogen (secondary N) is 1. The van der Waals surface area contributed by atoms with Crippen molar-refractivity contribution in [2.24, 2.45) is 0 Å². The van der Waals surface area contributed by atoms with Crippen molar-refractivity contribution in [3.8, 4) is 0 Å². The van der Waals surface area contributed by atoms with Gasteiger partial charge in [-0.05, 0) is 24.3 Å². The summed E-state index contributed by atoms with van der Waals surface area (Å²) in [5.74, 6) is -0.0666. The minimum atomic E-state index is -0.0666. The van der Waals surface area contributed by atoms with Gasteiger partial charge in [0.05, 0.1) is 11.7 Å². The summed E-state index contributed by atoms with van der Waals surface area (Å²) in [5.41, 5.74) is 1.57. The van der Waals surface area contributed by atoms with Crippen LogP contribution < -0.4 is 0 Å². The summed E-state index contributed by atoms with van der Waals surface area (Å²) in [6.07, 6.45) is 3.00. The summed E-state index contributed by atoms with van der Waals surface area (Å²) in [7, 11) is 0. The molecule has 0 atom stereocenters. The summed E-state index contributed by atoms with van der Waals surface area (Å²) in [5, 5.41) is 7.62. The van der Waals surface area contributed by atoms with Crippen LogP contribution in [0.5, 0.6) is 0 Å². The zero-order valence-corrected chi connectivity index (χ0v) is 6.95. The fourth-order valence-corrected chi connectivity index (χ4v) is 1.21. The topological polar surface area (TPSA) is 45.8 Å². The van der Waals surface area contributed by atoms with E-state index in [9.17, 15) is 4.79 Å². The Balaban J connectivity index is 2.60. The van der Waals surface area contributed by atoms with Gasteiger partial charge in [0.25, 0.3) is 0 Å². The lowest BCUT2D eigenvalue weighted by Gasteiger charge is -1.94. The van der Waals surface area contributed by atoms with Gasteiger partial charge in [0.1, 0.15) is 0 Å². The minimum absolute atomic E-state index is 0.0666. The van der Waals surface area contributed by atoms with Gasteiger partial charge in [-0.3, -0.25) is 9.89 Å². The highest BCUT2D eigenvalue weighted by atomic mass is 16.1. The van der Waals surface area contributed by atoms with Crippen LogP contribution in [0.4, 0.5) is 0 Å². The molecule has 0 aliphatic carbocycles. The van der Waals surface area contributed by atoms with Crippen LogP contribution in [0.1, 0.15) is 10.4 Å². The number of allylic oxidation sites excluding steroid dienone is 1. The van der Waals surface area contributed by atoms with Crippen molar-refractivity contribution in [2.45, 2.75) is 0 Å². The Kier molecular flexibility index (Phi) is 1.70. The van der Waals surface area contributed by atoms with Crippen LogP contribution in [0, 0.1) is 0 Å². The van der Waals surface area contributed by atoms with Crippen LogP contribution in [-0.4, -0.2) is 16.0 Å². The summed E-state index contributed by atoms with van der Waals surface area (Å²) in [4.78, 5) is 11.2. The number of H-pyrrole nitrogens is 1. The summed E-state index contributed by atoms with van der Waals surface area (Å²) in [6.45, 7) is 3.43. The van der Waals surface area contributed by atoms with Crippen molar-refractivity contribution in [1.29, 1.82) is 0 Å². The molecule has 0 fully saturated rings. The molecule has 0 bridgehead atoms. The van der Waals surface area contributed by atoms with Crippen LogP contribution in [0.15, 0.2) is 37.1 Å². The number of fused-ring (bicyclic) bond motifs is 1. The van der Waals surface area contributed by atoms with Crippen molar-refractivity contribution in [2.75, 3.05) is 0 Å². The maximum atomic E-state index is 11.2. The number of carbonyl (C=O) groups excluding carboxylic acids is 1. The Morgan fingerprint density at radius 1 is 1.54 bits per heavy atom. The van der Waals surface area contributed by atoms with E-state index in [1.54, 1.807) is 18.3 Å². The molecule has 0 spiro atoms. The summed E-state index contributed by atoms with van der Waals surface area (Å²) in [6, 6.07) is 5.38. The normalized spacial score (nSPS) is 10.2. The minimum Gasteiger partial charge on any atom is -0.289 e. The van der Waals surface area contributed by atoms with Crippen molar-refractivity contribution < 1.29 is 4.79 Å². The Labute approximate surface area is 75.1 Å². The van der Waals surface area contributed by atoms with Crippen LogP contribution in [0.2, 0.25) is 0 Å². The van der Waals surface area contributed by atoms with Gasteiger partial charge in [-0.15, -0.1) is 0 Å². The Bertz CT molecular complexity index is 470. The molecule has 1 aromatic heterocycles. The van der Waals surface area contributed by atoms with E-state index in [-0.39, 0.29) is 5.78 Å². The summed E-state index contributed by atoms with van der Waals surface area (Å²) >= 11 is 0. The molecule has 3 heteroatoms. The molecule has 0 saturated heterocycles. The molecule has 0 radical (unpaired) electrons. The molecule has 0 aliphatic heterocycles. The molecule has 3 nitrogen and oxygen atoms in total. The predicted molar refractivity (Wildman–Crippen MR) is 50.6 cm³/mol. The van der Waals surface area contributed by atoms with E-state index in [0.29, 0.717) is 5.56 Å². The van der Waals surface area contributed by atoms with Gasteiger partial charge in [-0.1, -0.05) is 6.58 Å². The fourth-order valence-electron chi connectivity index (χ4n) is 1.21. The molecule has 64 valence electrons. The third-order valence-electron chi connectivity index (χ3n) is 1.91. The molecule has 13 heavy (non-hydrogen) atoms. The van der Waals surface area contributed by atoms with Gasteiger partial charge >= 0.3 is 0 Å². The van der Waals surface area contributed by atoms with Crippen molar-refractivity contribution in [3.63, 3.8) is 0 Å². The van der Waals surface area contributed by atoms with Gasteiger partial charge in [-0.25, -0.2) is 0 Å². The third-order valence-corrected chi connectivity index (χ3v) is 1.91. The average Bonchev–Trinajstić information content (AvgIpc) is 2.63. The first-order chi connectivity index (χ1) is 6.31. The highest BCUT2D eigenvalue weighted by molar-refractivity contribution is 6.06. The standard InChI is InChI=1S/C10H8N2O/c1-2-10(13)7-3-4-9-8(5-7)6-11-12-9/h2-6H,1H2,(H,11,12). The van der Waals surface area contributed by atoms with E-state index in [0.717, 1.165) is 10.9 Å². The van der Waals surface area contributed by atoms with E-state index >= 15 is 0 Å². The highest BCUT2D eigenvalue weighted by Gasteiger charge is 2.02. The van der Waals surface area contributed by atoms with Gasteiger partial charge in [-0.2, -0.15) is 5.10 Å². The number of aromatic nitrogens is 2. The second-order valence-corrected chi connectivity index (χ2v) is 2.74. The Hall–Kier alpha value is -1.90. The first-order valence-corrected chi connectivity index (χ1v) is 3.91. The Morgan fingerprint density at radius 3 is 3.15 bits per heavy atom. The van der Waals surface area contributed by atoms with E-state index in [1.807, 2.05) is 6.07 Å². The van der Waals surface area contributed by atoms with Crippen molar-refractivity contribution >= 4 is 16.7 Å². The van der Waals surface area contributed by atoms with E-state index in [2.05, 4.69) is 16.8 Å². The molecule has 0 amide bonds. The van der Waals surface area contributed by atoms with Gasteiger partial charge < -0.3 is 0 Å². The molecule has 0 aliphatic rings. The summed E-state index contributed by atoms with van der Waals surface area (Å²) < 4.78 is 0.